The quantitative estimate of drug-likeness (QED) is 0.0954. The Morgan fingerprint density at radius 1 is 0.894 bits per heavy atom. The highest BCUT2D eigenvalue weighted by Crippen LogP contribution is 2.60. The van der Waals surface area contributed by atoms with Gasteiger partial charge in [0.25, 0.3) is 0 Å². The molecule has 5 aromatic rings. The van der Waals surface area contributed by atoms with Crippen LogP contribution in [0.15, 0.2) is 102 Å². The van der Waals surface area contributed by atoms with E-state index in [-0.39, 0.29) is 54.9 Å². The van der Waals surface area contributed by atoms with Gasteiger partial charge in [0.2, 0.25) is 0 Å². The van der Waals surface area contributed by atoms with Crippen LogP contribution >= 0.6 is 0 Å². The first-order chi connectivity index (χ1) is 32.2. The van der Waals surface area contributed by atoms with E-state index in [1.807, 2.05) is 24.3 Å². The molecule has 2 aliphatic carbocycles. The summed E-state index contributed by atoms with van der Waals surface area (Å²) in [5, 5.41) is 49.0. The van der Waals surface area contributed by atoms with Crippen LogP contribution in [0.4, 0.5) is 0 Å². The number of hydrogen-bond donors (Lipinski definition) is 6. The van der Waals surface area contributed by atoms with Crippen LogP contribution in [0.2, 0.25) is 0 Å². The lowest BCUT2D eigenvalue weighted by molar-refractivity contribution is -0.0894. The summed E-state index contributed by atoms with van der Waals surface area (Å²) in [4.78, 5) is 0. The molecule has 342 valence electrons. The first kappa shape index (κ1) is 43.1. The summed E-state index contributed by atoms with van der Waals surface area (Å²) in [5.74, 6) is 9.64. The van der Waals surface area contributed by atoms with Crippen LogP contribution in [0.5, 0.6) is 17.2 Å². The number of phenolic OH excluding ortho intramolecular Hbond substituents is 2. The molecule has 2 fully saturated rings. The van der Waals surface area contributed by atoms with E-state index in [0.29, 0.717) is 49.0 Å². The van der Waals surface area contributed by atoms with Crippen molar-refractivity contribution in [2.75, 3.05) is 13.2 Å². The molecule has 4 aromatic carbocycles. The molecule has 7 N–H and O–H groups in total. The van der Waals surface area contributed by atoms with Crippen LogP contribution < -0.4 is 15.8 Å². The van der Waals surface area contributed by atoms with Gasteiger partial charge in [-0.05, 0) is 164 Å². The van der Waals surface area contributed by atoms with E-state index in [2.05, 4.69) is 70.5 Å². The van der Waals surface area contributed by atoms with E-state index in [0.717, 1.165) is 102 Å². The molecule has 0 radical (unpaired) electrons. The zero-order valence-electron chi connectivity index (χ0n) is 37.6. The molecule has 0 spiro atoms. The second-order valence-electron chi connectivity index (χ2n) is 19.7. The third kappa shape index (κ3) is 8.09. The molecule has 0 amide bonds. The predicted molar refractivity (Wildman–Crippen MR) is 255 cm³/mol. The summed E-state index contributed by atoms with van der Waals surface area (Å²) in [5.41, 5.74) is 16.1. The molecule has 11 rings (SSSR count). The van der Waals surface area contributed by atoms with Crippen LogP contribution in [0, 0.1) is 23.7 Å². The van der Waals surface area contributed by atoms with Gasteiger partial charge in [0.05, 0.1) is 37.7 Å². The molecule has 1 saturated heterocycles. The van der Waals surface area contributed by atoms with Gasteiger partial charge >= 0.3 is 0 Å². The number of aryl methyl sites for hydroxylation is 2. The summed E-state index contributed by atoms with van der Waals surface area (Å²) in [7, 11) is 0. The summed E-state index contributed by atoms with van der Waals surface area (Å²) >= 11 is 0. The normalized spacial score (nSPS) is 28.4. The van der Waals surface area contributed by atoms with Gasteiger partial charge in [-0.3, -0.25) is 0 Å². The van der Waals surface area contributed by atoms with E-state index in [4.69, 9.17) is 19.9 Å². The number of nitrogens with zero attached hydrogens (tertiary/aromatic N) is 1. The highest BCUT2D eigenvalue weighted by Gasteiger charge is 2.55. The topological polar surface area (TPSA) is 152 Å². The van der Waals surface area contributed by atoms with Gasteiger partial charge in [-0.25, -0.2) is 0 Å². The first-order valence-electron chi connectivity index (χ1n) is 24.2. The third-order valence-electron chi connectivity index (χ3n) is 15.8. The SMILES string of the molecule is NC1C=C2C#CC(CCc3ccc(O)cc3)CCCC3CC(O)CCc4cc(c(O)cc4CO)OCc4cc(C56CCOC7CCC(CC75)c5ccccc56)cc5cn(cc45)C(=C2CO3)N1. The molecule has 8 unspecified atom stereocenters. The van der Waals surface area contributed by atoms with Gasteiger partial charge in [-0.15, -0.1) is 0 Å². The fourth-order valence-electron chi connectivity index (χ4n) is 12.4. The van der Waals surface area contributed by atoms with Gasteiger partial charge < -0.3 is 50.3 Å². The van der Waals surface area contributed by atoms with Crippen molar-refractivity contribution in [2.45, 2.75) is 126 Å². The van der Waals surface area contributed by atoms with E-state index < -0.39 is 12.3 Å². The maximum absolute atomic E-state index is 11.6. The number of ether oxygens (including phenoxy) is 3. The number of aromatic nitrogens is 1. The average molecular weight is 888 g/mol. The van der Waals surface area contributed by atoms with Crippen molar-refractivity contribution in [1.29, 1.82) is 0 Å². The van der Waals surface area contributed by atoms with E-state index >= 15 is 0 Å². The lowest BCUT2D eigenvalue weighted by atomic mass is 9.51. The lowest BCUT2D eigenvalue weighted by Crippen LogP contribution is -2.54. The molecule has 1 saturated carbocycles. The standard InChI is InChI=1S/C56H61N3O7/c57-54-27-38-13-10-34(8-9-35-11-16-43(61)17-12-35)4-3-5-45-28-44(62)18-14-36-26-53(51(63)25-40(36)31-60)66-32-41-23-42(22-39-29-59(30-47(39)41)55(58-54)48(38)33-65-45)56-20-21-64-52-19-15-37(24-50(52)56)46-6-1-2-7-49(46)56/h1-2,6-7,11-12,16-17,22-23,25-27,29-30,34,37,44-45,50,52,54,58,60-63H,3-5,8-9,14-15,18-21,24,28,31-33,57H2. The smallest absolute Gasteiger partial charge is 0.161 e. The number of rotatable bonds is 5. The molecule has 66 heavy (non-hydrogen) atoms. The number of dihydropyridines is 1. The van der Waals surface area contributed by atoms with E-state index in [1.54, 1.807) is 18.2 Å². The predicted octanol–water partition coefficient (Wildman–Crippen LogP) is 8.60. The molecular weight excluding hydrogens is 827 g/mol. The van der Waals surface area contributed by atoms with Crippen molar-refractivity contribution in [1.82, 2.24) is 9.88 Å². The van der Waals surface area contributed by atoms with Crippen LogP contribution in [0.1, 0.15) is 109 Å². The number of phenols is 2. The van der Waals surface area contributed by atoms with E-state index in [1.165, 1.54) is 16.7 Å². The number of hydrogen-bond acceptors (Lipinski definition) is 9. The Morgan fingerprint density at radius 2 is 1.77 bits per heavy atom. The second kappa shape index (κ2) is 17.9. The summed E-state index contributed by atoms with van der Waals surface area (Å²) in [6.45, 7) is 0.930. The van der Waals surface area contributed by atoms with Gasteiger partial charge in [0.15, 0.2) is 11.5 Å². The highest BCUT2D eigenvalue weighted by molar-refractivity contribution is 5.88. The van der Waals surface area contributed by atoms with Crippen molar-refractivity contribution < 1.29 is 34.6 Å². The van der Waals surface area contributed by atoms with Gasteiger partial charge in [0, 0.05) is 52.3 Å². The minimum atomic E-state index is -0.664. The maximum atomic E-state index is 11.6. The fourth-order valence-corrected chi connectivity index (χ4v) is 12.4. The second-order valence-corrected chi connectivity index (χ2v) is 19.7. The Hall–Kier alpha value is -5.54. The zero-order valence-corrected chi connectivity index (χ0v) is 37.6. The number of nitrogens with two attached hydrogens (primary N) is 1. The largest absolute Gasteiger partial charge is 0.508 e. The number of aliphatic hydroxyl groups is 2. The number of aromatic hydroxyl groups is 2. The van der Waals surface area contributed by atoms with Crippen LogP contribution in [0.25, 0.3) is 16.6 Å². The van der Waals surface area contributed by atoms with Crippen molar-refractivity contribution in [3.05, 3.63) is 141 Å². The Balaban J connectivity index is 1.06. The van der Waals surface area contributed by atoms with Crippen LogP contribution in [-0.2, 0) is 40.9 Å². The lowest BCUT2D eigenvalue weighted by Gasteiger charge is -2.56. The molecule has 1 aromatic heterocycles. The highest BCUT2D eigenvalue weighted by atomic mass is 16.5. The molecule has 8 bridgehead atoms. The first-order valence-corrected chi connectivity index (χ1v) is 24.2. The monoisotopic (exact) mass is 887 g/mol. The number of benzene rings is 4. The molecular formula is C56H61N3O7. The van der Waals surface area contributed by atoms with Gasteiger partial charge in [-0.2, -0.15) is 0 Å². The minimum Gasteiger partial charge on any atom is -0.508 e. The van der Waals surface area contributed by atoms with Crippen LogP contribution in [-0.4, -0.2) is 62.7 Å². The number of fused-ring (bicyclic) bond motifs is 10. The van der Waals surface area contributed by atoms with E-state index in [9.17, 15) is 20.4 Å². The van der Waals surface area contributed by atoms with Gasteiger partial charge in [-0.1, -0.05) is 54.3 Å². The molecule has 10 heteroatoms. The third-order valence-corrected chi connectivity index (χ3v) is 15.8. The van der Waals surface area contributed by atoms with Crippen molar-refractivity contribution in [2.24, 2.45) is 17.6 Å². The summed E-state index contributed by atoms with van der Waals surface area (Å²) in [6.07, 6.45) is 15.0. The summed E-state index contributed by atoms with van der Waals surface area (Å²) in [6, 6.07) is 24.7. The van der Waals surface area contributed by atoms with Crippen LogP contribution in [0.3, 0.4) is 0 Å². The van der Waals surface area contributed by atoms with Crippen molar-refractivity contribution in [3.8, 4) is 29.1 Å². The Morgan fingerprint density at radius 3 is 2.65 bits per heavy atom. The Bertz CT molecular complexity index is 2760. The van der Waals surface area contributed by atoms with Crippen molar-refractivity contribution >= 4 is 16.6 Å². The average Bonchev–Trinajstić information content (AvgIpc) is 3.76. The van der Waals surface area contributed by atoms with Gasteiger partial charge in [0.1, 0.15) is 18.2 Å². The number of aliphatic hydroxyl groups excluding tert-OH is 2. The molecule has 6 aliphatic rings. The fraction of sp³-hybridized carbons (Fsp3) is 0.429. The molecule has 10 nitrogen and oxygen atoms in total. The minimum absolute atomic E-state index is 0.0287. The Kier molecular flexibility index (Phi) is 11.7. The molecule has 4 aliphatic heterocycles. The van der Waals surface area contributed by atoms with Crippen molar-refractivity contribution in [3.63, 3.8) is 0 Å². The molecule has 8 atom stereocenters. The Labute approximate surface area is 387 Å². The zero-order chi connectivity index (χ0) is 44.9. The number of nitrogens with one attached hydrogen (secondary N) is 1. The molecule has 5 heterocycles. The maximum Gasteiger partial charge on any atom is 0.161 e. The summed E-state index contributed by atoms with van der Waals surface area (Å²) < 4.78 is 22.3.